The van der Waals surface area contributed by atoms with E-state index in [2.05, 4.69) is 27.9 Å². The Morgan fingerprint density at radius 2 is 2.00 bits per heavy atom. The SMILES string of the molecule is COc1ccccc1CNC(=O)c1cccc(I)c1. The number of para-hydroxylation sites is 1. The van der Waals surface area contributed by atoms with Crippen molar-refractivity contribution in [3.63, 3.8) is 0 Å². The molecule has 2 aromatic carbocycles. The van der Waals surface area contributed by atoms with Gasteiger partial charge in [0.2, 0.25) is 0 Å². The summed E-state index contributed by atoms with van der Waals surface area (Å²) in [6, 6.07) is 15.1. The van der Waals surface area contributed by atoms with Gasteiger partial charge in [0.1, 0.15) is 5.75 Å². The molecule has 0 saturated heterocycles. The number of carbonyl (C=O) groups is 1. The highest BCUT2D eigenvalue weighted by atomic mass is 127. The largest absolute Gasteiger partial charge is 0.496 e. The minimum Gasteiger partial charge on any atom is -0.496 e. The van der Waals surface area contributed by atoms with Crippen LogP contribution in [-0.2, 0) is 6.54 Å². The summed E-state index contributed by atoms with van der Waals surface area (Å²) in [5.74, 6) is 0.704. The lowest BCUT2D eigenvalue weighted by Gasteiger charge is -2.09. The zero-order valence-corrected chi connectivity index (χ0v) is 12.7. The molecule has 3 nitrogen and oxygen atoms in total. The van der Waals surface area contributed by atoms with Gasteiger partial charge in [0, 0.05) is 21.2 Å². The van der Waals surface area contributed by atoms with Gasteiger partial charge in [-0.15, -0.1) is 0 Å². The first-order valence-corrected chi connectivity index (χ1v) is 6.94. The fraction of sp³-hybridized carbons (Fsp3) is 0.133. The van der Waals surface area contributed by atoms with Crippen LogP contribution >= 0.6 is 22.6 Å². The normalized spacial score (nSPS) is 10.0. The monoisotopic (exact) mass is 367 g/mol. The Kier molecular flexibility index (Phi) is 4.79. The van der Waals surface area contributed by atoms with Crippen LogP contribution in [0.5, 0.6) is 5.75 Å². The van der Waals surface area contributed by atoms with E-state index in [1.54, 1.807) is 13.2 Å². The fourth-order valence-corrected chi connectivity index (χ4v) is 2.30. The summed E-state index contributed by atoms with van der Waals surface area (Å²) in [5.41, 5.74) is 1.63. The number of rotatable bonds is 4. The summed E-state index contributed by atoms with van der Waals surface area (Å²) in [4.78, 5) is 12.0. The summed E-state index contributed by atoms with van der Waals surface area (Å²) < 4.78 is 6.29. The number of benzene rings is 2. The van der Waals surface area contributed by atoms with Crippen LogP contribution in [0.2, 0.25) is 0 Å². The highest BCUT2D eigenvalue weighted by Gasteiger charge is 2.07. The van der Waals surface area contributed by atoms with Crippen molar-refractivity contribution in [1.29, 1.82) is 0 Å². The van der Waals surface area contributed by atoms with Crippen molar-refractivity contribution in [2.45, 2.75) is 6.54 Å². The molecule has 0 aliphatic carbocycles. The van der Waals surface area contributed by atoms with E-state index in [9.17, 15) is 4.79 Å². The van der Waals surface area contributed by atoms with Gasteiger partial charge in [0.15, 0.2) is 0 Å². The lowest BCUT2D eigenvalue weighted by molar-refractivity contribution is 0.0950. The summed E-state index contributed by atoms with van der Waals surface area (Å²) >= 11 is 2.19. The summed E-state index contributed by atoms with van der Waals surface area (Å²) in [5, 5.41) is 2.89. The van der Waals surface area contributed by atoms with Crippen molar-refractivity contribution in [3.8, 4) is 5.75 Å². The van der Waals surface area contributed by atoms with Gasteiger partial charge in [-0.2, -0.15) is 0 Å². The Balaban J connectivity index is 2.04. The van der Waals surface area contributed by atoms with Gasteiger partial charge in [0.05, 0.1) is 7.11 Å². The first-order chi connectivity index (χ1) is 9.20. The third-order valence-corrected chi connectivity index (χ3v) is 3.39. The molecule has 98 valence electrons. The molecule has 0 bridgehead atoms. The van der Waals surface area contributed by atoms with E-state index in [0.717, 1.165) is 14.9 Å². The number of ether oxygens (including phenoxy) is 1. The quantitative estimate of drug-likeness (QED) is 0.843. The lowest BCUT2D eigenvalue weighted by atomic mass is 10.2. The van der Waals surface area contributed by atoms with Crippen molar-refractivity contribution < 1.29 is 9.53 Å². The number of halogens is 1. The summed E-state index contributed by atoms with van der Waals surface area (Å²) in [6.07, 6.45) is 0. The van der Waals surface area contributed by atoms with Crippen LogP contribution < -0.4 is 10.1 Å². The highest BCUT2D eigenvalue weighted by Crippen LogP contribution is 2.17. The molecule has 2 rings (SSSR count). The second-order valence-electron chi connectivity index (χ2n) is 4.00. The molecule has 0 aromatic heterocycles. The summed E-state index contributed by atoms with van der Waals surface area (Å²) in [6.45, 7) is 0.453. The second kappa shape index (κ2) is 6.56. The Morgan fingerprint density at radius 1 is 1.21 bits per heavy atom. The summed E-state index contributed by atoms with van der Waals surface area (Å²) in [7, 11) is 1.63. The third-order valence-electron chi connectivity index (χ3n) is 2.72. The smallest absolute Gasteiger partial charge is 0.251 e. The van der Waals surface area contributed by atoms with Crippen LogP contribution in [-0.4, -0.2) is 13.0 Å². The van der Waals surface area contributed by atoms with Gasteiger partial charge >= 0.3 is 0 Å². The molecule has 1 N–H and O–H groups in total. The first kappa shape index (κ1) is 13.9. The van der Waals surface area contributed by atoms with E-state index in [1.165, 1.54) is 0 Å². The molecule has 1 amide bonds. The standard InChI is InChI=1S/C15H14INO2/c1-19-14-8-3-2-5-12(14)10-17-15(18)11-6-4-7-13(16)9-11/h2-9H,10H2,1H3,(H,17,18). The fourth-order valence-electron chi connectivity index (χ4n) is 1.76. The third kappa shape index (κ3) is 3.70. The van der Waals surface area contributed by atoms with Crippen LogP contribution in [0.15, 0.2) is 48.5 Å². The minimum absolute atomic E-state index is 0.0792. The number of hydrogen-bond acceptors (Lipinski definition) is 2. The zero-order chi connectivity index (χ0) is 13.7. The Morgan fingerprint density at radius 3 is 2.74 bits per heavy atom. The van der Waals surface area contributed by atoms with E-state index in [1.807, 2.05) is 42.5 Å². The van der Waals surface area contributed by atoms with Gasteiger partial charge in [-0.25, -0.2) is 0 Å². The topological polar surface area (TPSA) is 38.3 Å². The van der Waals surface area contributed by atoms with Crippen molar-refractivity contribution in [1.82, 2.24) is 5.32 Å². The highest BCUT2D eigenvalue weighted by molar-refractivity contribution is 14.1. The van der Waals surface area contributed by atoms with Crippen molar-refractivity contribution >= 4 is 28.5 Å². The molecule has 0 aliphatic rings. The first-order valence-electron chi connectivity index (χ1n) is 5.86. The molecular formula is C15H14INO2. The second-order valence-corrected chi connectivity index (χ2v) is 5.25. The number of amides is 1. The molecule has 0 spiro atoms. The van der Waals surface area contributed by atoms with Crippen molar-refractivity contribution in [2.24, 2.45) is 0 Å². The lowest BCUT2D eigenvalue weighted by Crippen LogP contribution is -2.23. The number of nitrogens with one attached hydrogen (secondary N) is 1. The van der Waals surface area contributed by atoms with Crippen LogP contribution in [0.25, 0.3) is 0 Å². The van der Waals surface area contributed by atoms with Crippen molar-refractivity contribution in [2.75, 3.05) is 7.11 Å². The maximum Gasteiger partial charge on any atom is 0.251 e. The maximum atomic E-state index is 12.0. The van der Waals surface area contributed by atoms with Gasteiger partial charge < -0.3 is 10.1 Å². The number of methoxy groups -OCH3 is 1. The molecule has 19 heavy (non-hydrogen) atoms. The molecule has 2 aromatic rings. The minimum atomic E-state index is -0.0792. The van der Waals surface area contributed by atoms with Gasteiger partial charge in [-0.05, 0) is 46.9 Å². The van der Waals surface area contributed by atoms with E-state index in [-0.39, 0.29) is 5.91 Å². The van der Waals surface area contributed by atoms with Gasteiger partial charge in [-0.3, -0.25) is 4.79 Å². The molecular weight excluding hydrogens is 353 g/mol. The molecule has 0 saturated carbocycles. The predicted molar refractivity (Wildman–Crippen MR) is 83.3 cm³/mol. The molecule has 0 unspecified atom stereocenters. The number of carbonyl (C=O) groups excluding carboxylic acids is 1. The van der Waals surface area contributed by atoms with Crippen molar-refractivity contribution in [3.05, 3.63) is 63.2 Å². The van der Waals surface area contributed by atoms with Gasteiger partial charge in [-0.1, -0.05) is 24.3 Å². The molecule has 0 atom stereocenters. The number of hydrogen-bond donors (Lipinski definition) is 1. The predicted octanol–water partition coefficient (Wildman–Crippen LogP) is 3.23. The Hall–Kier alpha value is -1.56. The average Bonchev–Trinajstić information content (AvgIpc) is 2.45. The van der Waals surface area contributed by atoms with Crippen LogP contribution in [0.3, 0.4) is 0 Å². The molecule has 0 heterocycles. The van der Waals surface area contributed by atoms with Crippen LogP contribution in [0, 0.1) is 3.57 Å². The Bertz CT molecular complexity index is 584. The zero-order valence-electron chi connectivity index (χ0n) is 10.5. The van der Waals surface area contributed by atoms with E-state index in [0.29, 0.717) is 12.1 Å². The molecule has 0 aliphatic heterocycles. The van der Waals surface area contributed by atoms with Crippen LogP contribution in [0.1, 0.15) is 15.9 Å². The molecule has 4 heteroatoms. The average molecular weight is 367 g/mol. The molecule has 0 fully saturated rings. The van der Waals surface area contributed by atoms with E-state index >= 15 is 0 Å². The van der Waals surface area contributed by atoms with E-state index in [4.69, 9.17) is 4.74 Å². The van der Waals surface area contributed by atoms with Crippen LogP contribution in [0.4, 0.5) is 0 Å². The Labute approximate surface area is 126 Å². The van der Waals surface area contributed by atoms with E-state index < -0.39 is 0 Å². The van der Waals surface area contributed by atoms with Gasteiger partial charge in [0.25, 0.3) is 5.91 Å². The maximum absolute atomic E-state index is 12.0. The molecule has 0 radical (unpaired) electrons.